The summed E-state index contributed by atoms with van der Waals surface area (Å²) in [6.45, 7) is 2.51. The van der Waals surface area contributed by atoms with Crippen molar-refractivity contribution in [1.29, 1.82) is 0 Å². The Kier molecular flexibility index (Phi) is 2.17. The van der Waals surface area contributed by atoms with Gasteiger partial charge in [0.2, 0.25) is 0 Å². The third kappa shape index (κ3) is 1.74. The number of phenolic OH excluding ortho intramolecular Hbond substituents is 1. The first-order valence-electron chi connectivity index (χ1n) is 5.83. The summed E-state index contributed by atoms with van der Waals surface area (Å²) in [5.74, 6) is 1.37. The zero-order valence-electron chi connectivity index (χ0n) is 8.89. The largest absolute Gasteiger partial charge is 0.508 e. The van der Waals surface area contributed by atoms with E-state index in [4.69, 9.17) is 0 Å². The van der Waals surface area contributed by atoms with Gasteiger partial charge in [0.05, 0.1) is 0 Å². The molecule has 3 aliphatic rings. The monoisotopic (exact) mass is 203 g/mol. The van der Waals surface area contributed by atoms with Crippen LogP contribution >= 0.6 is 0 Å². The molecule has 2 bridgehead atoms. The van der Waals surface area contributed by atoms with Gasteiger partial charge in [-0.3, -0.25) is 4.90 Å². The van der Waals surface area contributed by atoms with Crippen molar-refractivity contribution in [2.45, 2.75) is 25.3 Å². The highest BCUT2D eigenvalue weighted by Crippen LogP contribution is 2.40. The molecule has 0 atom stereocenters. The molecule has 2 aliphatic heterocycles. The van der Waals surface area contributed by atoms with Gasteiger partial charge in [-0.15, -0.1) is 0 Å². The first-order valence-corrected chi connectivity index (χ1v) is 5.83. The molecule has 0 unspecified atom stereocenters. The first-order chi connectivity index (χ1) is 7.31. The van der Waals surface area contributed by atoms with Gasteiger partial charge >= 0.3 is 0 Å². The summed E-state index contributed by atoms with van der Waals surface area (Å²) in [4.78, 5) is 2.62. The molecule has 3 fully saturated rings. The highest BCUT2D eigenvalue weighted by molar-refractivity contribution is 5.26. The molecule has 15 heavy (non-hydrogen) atoms. The molecular formula is C13H17NO. The molecule has 1 N–H and O–H groups in total. The lowest BCUT2D eigenvalue weighted by Gasteiger charge is -2.25. The van der Waals surface area contributed by atoms with Crippen LogP contribution in [-0.2, 0) is 6.42 Å². The van der Waals surface area contributed by atoms with Crippen molar-refractivity contribution in [3.63, 3.8) is 0 Å². The average Bonchev–Trinajstić information content (AvgIpc) is 2.74. The van der Waals surface area contributed by atoms with Gasteiger partial charge in [-0.2, -0.15) is 0 Å². The highest BCUT2D eigenvalue weighted by Gasteiger charge is 2.41. The molecule has 2 saturated heterocycles. The van der Waals surface area contributed by atoms with E-state index in [-0.39, 0.29) is 0 Å². The molecule has 0 aromatic heterocycles. The molecule has 1 saturated carbocycles. The number of benzene rings is 1. The van der Waals surface area contributed by atoms with E-state index in [0.717, 1.165) is 18.4 Å². The molecule has 0 spiro atoms. The number of rotatable bonds is 3. The quantitative estimate of drug-likeness (QED) is 0.812. The van der Waals surface area contributed by atoms with Crippen LogP contribution in [0.25, 0.3) is 0 Å². The lowest BCUT2D eigenvalue weighted by Crippen LogP contribution is -2.30. The van der Waals surface area contributed by atoms with Crippen molar-refractivity contribution in [2.75, 3.05) is 13.1 Å². The summed E-state index contributed by atoms with van der Waals surface area (Å²) in [6.07, 6.45) is 3.99. The van der Waals surface area contributed by atoms with E-state index in [9.17, 15) is 5.11 Å². The third-order valence-electron chi connectivity index (χ3n) is 3.84. The normalized spacial score (nSPS) is 29.1. The fourth-order valence-corrected chi connectivity index (χ4v) is 2.84. The number of hydrogen-bond donors (Lipinski definition) is 1. The van der Waals surface area contributed by atoms with Gasteiger partial charge < -0.3 is 5.11 Å². The standard InChI is InChI=1S/C13H17NO/c15-13-3-1-10(2-4-13)5-6-14-9-11-7-12(14)8-11/h1-4,11-12,15H,5-9H2. The third-order valence-corrected chi connectivity index (χ3v) is 3.84. The average molecular weight is 203 g/mol. The molecule has 0 radical (unpaired) electrons. The topological polar surface area (TPSA) is 23.5 Å². The summed E-state index contributed by atoms with van der Waals surface area (Å²) >= 11 is 0. The number of nitrogens with zero attached hydrogens (tertiary/aromatic N) is 1. The Bertz CT molecular complexity index is 340. The van der Waals surface area contributed by atoms with Crippen LogP contribution in [0.3, 0.4) is 0 Å². The highest BCUT2D eigenvalue weighted by atomic mass is 16.3. The molecule has 2 nitrogen and oxygen atoms in total. The van der Waals surface area contributed by atoms with Gasteiger partial charge in [-0.25, -0.2) is 0 Å². The van der Waals surface area contributed by atoms with Crippen LogP contribution in [0.2, 0.25) is 0 Å². The summed E-state index contributed by atoms with van der Waals surface area (Å²) < 4.78 is 0. The number of fused-ring (bicyclic) bond motifs is 1. The minimum Gasteiger partial charge on any atom is -0.508 e. The summed E-state index contributed by atoms with van der Waals surface area (Å²) in [6, 6.07) is 8.50. The Morgan fingerprint density at radius 1 is 1.20 bits per heavy atom. The maximum absolute atomic E-state index is 9.17. The van der Waals surface area contributed by atoms with Crippen LogP contribution in [0, 0.1) is 5.92 Å². The molecule has 4 rings (SSSR count). The van der Waals surface area contributed by atoms with Gasteiger partial charge in [0.25, 0.3) is 0 Å². The fraction of sp³-hybridized carbons (Fsp3) is 0.538. The van der Waals surface area contributed by atoms with Crippen molar-refractivity contribution in [2.24, 2.45) is 5.92 Å². The summed E-state index contributed by atoms with van der Waals surface area (Å²) in [5, 5.41) is 9.17. The molecule has 1 aliphatic carbocycles. The predicted molar refractivity (Wildman–Crippen MR) is 59.9 cm³/mol. The van der Waals surface area contributed by atoms with Gasteiger partial charge in [0, 0.05) is 19.1 Å². The Morgan fingerprint density at radius 2 is 1.93 bits per heavy atom. The van der Waals surface area contributed by atoms with Crippen molar-refractivity contribution in [1.82, 2.24) is 4.90 Å². The lowest BCUT2D eigenvalue weighted by molar-refractivity contribution is 0.249. The smallest absolute Gasteiger partial charge is 0.115 e. The van der Waals surface area contributed by atoms with E-state index in [2.05, 4.69) is 4.90 Å². The number of phenols is 1. The van der Waals surface area contributed by atoms with E-state index in [1.54, 1.807) is 12.1 Å². The van der Waals surface area contributed by atoms with Gasteiger partial charge in [0.15, 0.2) is 0 Å². The lowest BCUT2D eigenvalue weighted by atomic mass is 9.86. The van der Waals surface area contributed by atoms with Crippen molar-refractivity contribution in [3.05, 3.63) is 29.8 Å². The van der Waals surface area contributed by atoms with Crippen LogP contribution in [0.1, 0.15) is 18.4 Å². The minimum absolute atomic E-state index is 0.363. The predicted octanol–water partition coefficient (Wildman–Crippen LogP) is 2.03. The van der Waals surface area contributed by atoms with Crippen molar-refractivity contribution >= 4 is 0 Å². The number of hydrogen-bond acceptors (Lipinski definition) is 2. The molecule has 2 heterocycles. The Morgan fingerprint density at radius 3 is 2.53 bits per heavy atom. The fourth-order valence-electron chi connectivity index (χ4n) is 2.84. The van der Waals surface area contributed by atoms with Crippen LogP contribution in [0.4, 0.5) is 0 Å². The molecule has 2 heteroatoms. The molecule has 1 aromatic carbocycles. The van der Waals surface area contributed by atoms with Crippen molar-refractivity contribution < 1.29 is 5.11 Å². The van der Waals surface area contributed by atoms with Crippen LogP contribution in [0.15, 0.2) is 24.3 Å². The van der Waals surface area contributed by atoms with E-state index in [1.807, 2.05) is 12.1 Å². The SMILES string of the molecule is Oc1ccc(CCN2CC3CC2C3)cc1. The molecular weight excluding hydrogens is 186 g/mol. The second-order valence-electron chi connectivity index (χ2n) is 4.90. The molecule has 1 aromatic rings. The summed E-state index contributed by atoms with van der Waals surface area (Å²) in [5.41, 5.74) is 1.33. The van der Waals surface area contributed by atoms with Gasteiger partial charge in [-0.05, 0) is 42.9 Å². The van der Waals surface area contributed by atoms with Crippen molar-refractivity contribution in [3.8, 4) is 5.75 Å². The first kappa shape index (κ1) is 9.22. The minimum atomic E-state index is 0.363. The summed E-state index contributed by atoms with van der Waals surface area (Å²) in [7, 11) is 0. The molecule has 0 amide bonds. The van der Waals surface area contributed by atoms with E-state index in [1.165, 1.54) is 31.5 Å². The van der Waals surface area contributed by atoms with E-state index >= 15 is 0 Å². The zero-order valence-corrected chi connectivity index (χ0v) is 8.89. The number of aromatic hydroxyl groups is 1. The Hall–Kier alpha value is -1.02. The van der Waals surface area contributed by atoms with E-state index < -0.39 is 0 Å². The second kappa shape index (κ2) is 3.53. The van der Waals surface area contributed by atoms with Gasteiger partial charge in [-0.1, -0.05) is 12.1 Å². The zero-order chi connectivity index (χ0) is 10.3. The van der Waals surface area contributed by atoms with Crippen LogP contribution < -0.4 is 0 Å². The Labute approximate surface area is 90.5 Å². The Balaban J connectivity index is 1.55. The maximum atomic E-state index is 9.17. The molecule has 80 valence electrons. The van der Waals surface area contributed by atoms with Crippen LogP contribution in [0.5, 0.6) is 5.75 Å². The van der Waals surface area contributed by atoms with Gasteiger partial charge in [0.1, 0.15) is 5.75 Å². The maximum Gasteiger partial charge on any atom is 0.115 e. The van der Waals surface area contributed by atoms with E-state index in [0.29, 0.717) is 5.75 Å². The second-order valence-corrected chi connectivity index (χ2v) is 4.90. The van der Waals surface area contributed by atoms with Crippen LogP contribution in [-0.4, -0.2) is 29.1 Å².